The van der Waals surface area contributed by atoms with Crippen molar-refractivity contribution in [3.8, 4) is 0 Å². The predicted octanol–water partition coefficient (Wildman–Crippen LogP) is 3.34. The minimum Gasteiger partial charge on any atom is -0.325 e. The number of nitrogens with one attached hydrogen (secondary N) is 1. The van der Waals surface area contributed by atoms with Gasteiger partial charge in [0.1, 0.15) is 17.2 Å². The van der Waals surface area contributed by atoms with Crippen molar-refractivity contribution < 1.29 is 4.79 Å². The first kappa shape index (κ1) is 20.2. The summed E-state index contributed by atoms with van der Waals surface area (Å²) >= 11 is 1.52. The maximum absolute atomic E-state index is 13.2. The number of nitrogens with zero attached hydrogens (tertiary/aromatic N) is 3. The Morgan fingerprint density at radius 3 is 2.50 bits per heavy atom. The standard InChI is InChI=1S/C21H26N4O2S/c1-6-15-7-9-16(10-8-15)22-18(26)12-25-17(11-24(4)5)23-20-19(21(25)27)13(2)14(3)28-20/h7-10H,6,11-12H2,1-5H3,(H,22,26). The maximum Gasteiger partial charge on any atom is 0.263 e. The lowest BCUT2D eigenvalue weighted by molar-refractivity contribution is -0.116. The maximum atomic E-state index is 13.2. The molecule has 1 aromatic carbocycles. The van der Waals surface area contributed by atoms with Crippen molar-refractivity contribution in [1.82, 2.24) is 14.5 Å². The predicted molar refractivity (Wildman–Crippen MR) is 115 cm³/mol. The number of aryl methyl sites for hydroxylation is 3. The molecular formula is C21H26N4O2S. The first-order valence-electron chi connectivity index (χ1n) is 9.33. The summed E-state index contributed by atoms with van der Waals surface area (Å²) in [4.78, 5) is 34.3. The smallest absolute Gasteiger partial charge is 0.263 e. The van der Waals surface area contributed by atoms with Gasteiger partial charge in [-0.2, -0.15) is 0 Å². The van der Waals surface area contributed by atoms with Crippen molar-refractivity contribution in [1.29, 1.82) is 0 Å². The highest BCUT2D eigenvalue weighted by molar-refractivity contribution is 7.18. The van der Waals surface area contributed by atoms with E-state index in [9.17, 15) is 9.59 Å². The van der Waals surface area contributed by atoms with Crippen LogP contribution in [-0.4, -0.2) is 34.5 Å². The SMILES string of the molecule is CCc1ccc(NC(=O)Cn2c(CN(C)C)nc3sc(C)c(C)c3c2=O)cc1. The van der Waals surface area contributed by atoms with Gasteiger partial charge in [0, 0.05) is 10.6 Å². The van der Waals surface area contributed by atoms with Crippen LogP contribution in [0.15, 0.2) is 29.1 Å². The molecule has 0 fully saturated rings. The van der Waals surface area contributed by atoms with Gasteiger partial charge < -0.3 is 10.2 Å². The van der Waals surface area contributed by atoms with Gasteiger partial charge in [-0.25, -0.2) is 4.98 Å². The van der Waals surface area contributed by atoms with E-state index >= 15 is 0 Å². The number of carbonyl (C=O) groups is 1. The summed E-state index contributed by atoms with van der Waals surface area (Å²) in [6.45, 7) is 6.43. The number of amides is 1. The van der Waals surface area contributed by atoms with Gasteiger partial charge in [0.25, 0.3) is 5.56 Å². The van der Waals surface area contributed by atoms with Crippen LogP contribution in [0, 0.1) is 13.8 Å². The monoisotopic (exact) mass is 398 g/mol. The van der Waals surface area contributed by atoms with Crippen molar-refractivity contribution >= 4 is 33.1 Å². The minimum atomic E-state index is -0.239. The molecule has 0 atom stereocenters. The third kappa shape index (κ3) is 4.15. The summed E-state index contributed by atoms with van der Waals surface area (Å²) in [7, 11) is 3.84. The normalized spacial score (nSPS) is 11.4. The third-order valence-electron chi connectivity index (χ3n) is 4.77. The van der Waals surface area contributed by atoms with Crippen molar-refractivity contribution in [3.63, 3.8) is 0 Å². The first-order chi connectivity index (χ1) is 13.3. The fourth-order valence-corrected chi connectivity index (χ4v) is 4.14. The summed E-state index contributed by atoms with van der Waals surface area (Å²) < 4.78 is 1.50. The van der Waals surface area contributed by atoms with E-state index in [1.54, 1.807) is 0 Å². The second-order valence-corrected chi connectivity index (χ2v) is 8.42. The van der Waals surface area contributed by atoms with Gasteiger partial charge in [-0.3, -0.25) is 14.2 Å². The van der Waals surface area contributed by atoms with Gasteiger partial charge >= 0.3 is 0 Å². The molecule has 0 aliphatic carbocycles. The van der Waals surface area contributed by atoms with E-state index in [-0.39, 0.29) is 18.0 Å². The Kier molecular flexibility index (Phi) is 5.96. The van der Waals surface area contributed by atoms with Gasteiger partial charge in [0.2, 0.25) is 5.91 Å². The Hall–Kier alpha value is -2.51. The number of thiophene rings is 1. The highest BCUT2D eigenvalue weighted by Gasteiger charge is 2.18. The summed E-state index contributed by atoms with van der Waals surface area (Å²) in [5.41, 5.74) is 2.72. The van der Waals surface area contributed by atoms with Crippen molar-refractivity contribution in [2.75, 3.05) is 19.4 Å². The molecule has 148 valence electrons. The lowest BCUT2D eigenvalue weighted by atomic mass is 10.1. The van der Waals surface area contributed by atoms with Crippen molar-refractivity contribution in [2.45, 2.75) is 40.3 Å². The van der Waals surface area contributed by atoms with Crippen LogP contribution in [0.2, 0.25) is 0 Å². The van der Waals surface area contributed by atoms with E-state index in [4.69, 9.17) is 4.98 Å². The summed E-state index contributed by atoms with van der Waals surface area (Å²) in [6.07, 6.45) is 0.947. The quantitative estimate of drug-likeness (QED) is 0.692. The van der Waals surface area contributed by atoms with Gasteiger partial charge in [-0.05, 0) is 57.6 Å². The Morgan fingerprint density at radius 2 is 1.89 bits per heavy atom. The number of rotatable bonds is 6. The van der Waals surface area contributed by atoms with Gasteiger partial charge in [0.05, 0.1) is 11.9 Å². The molecule has 0 unspecified atom stereocenters. The van der Waals surface area contributed by atoms with Crippen LogP contribution in [0.1, 0.15) is 28.8 Å². The molecule has 3 aromatic rings. The van der Waals surface area contributed by atoms with E-state index in [2.05, 4.69) is 12.2 Å². The highest BCUT2D eigenvalue weighted by atomic mass is 32.1. The van der Waals surface area contributed by atoms with Gasteiger partial charge in [-0.15, -0.1) is 11.3 Å². The van der Waals surface area contributed by atoms with Crippen LogP contribution in [-0.2, 0) is 24.3 Å². The molecule has 0 radical (unpaired) electrons. The number of benzene rings is 1. The van der Waals surface area contributed by atoms with Crippen molar-refractivity contribution in [3.05, 3.63) is 56.4 Å². The number of anilines is 1. The molecule has 6 nitrogen and oxygen atoms in total. The third-order valence-corrected chi connectivity index (χ3v) is 5.87. The van der Waals surface area contributed by atoms with Crippen LogP contribution in [0.5, 0.6) is 0 Å². The molecule has 1 N–H and O–H groups in total. The Morgan fingerprint density at radius 1 is 1.21 bits per heavy atom. The molecule has 0 spiro atoms. The highest BCUT2D eigenvalue weighted by Crippen LogP contribution is 2.26. The Balaban J connectivity index is 1.95. The number of aromatic nitrogens is 2. The Labute approximate surface area is 168 Å². The summed E-state index contributed by atoms with van der Waals surface area (Å²) in [5, 5.41) is 3.50. The zero-order chi connectivity index (χ0) is 20.4. The molecule has 0 saturated carbocycles. The topological polar surface area (TPSA) is 67.2 Å². The van der Waals surface area contributed by atoms with Crippen LogP contribution in [0.3, 0.4) is 0 Å². The minimum absolute atomic E-state index is 0.0607. The lowest BCUT2D eigenvalue weighted by Crippen LogP contribution is -2.32. The molecule has 0 saturated heterocycles. The Bertz CT molecular complexity index is 1060. The average Bonchev–Trinajstić information content (AvgIpc) is 2.92. The van der Waals surface area contributed by atoms with Gasteiger partial charge in [-0.1, -0.05) is 19.1 Å². The molecular weight excluding hydrogens is 372 g/mol. The molecule has 28 heavy (non-hydrogen) atoms. The lowest BCUT2D eigenvalue weighted by Gasteiger charge is -2.16. The zero-order valence-electron chi connectivity index (χ0n) is 17.0. The first-order valence-corrected chi connectivity index (χ1v) is 10.1. The van der Waals surface area contributed by atoms with Crippen LogP contribution in [0.25, 0.3) is 10.2 Å². The molecule has 7 heteroatoms. The molecule has 2 heterocycles. The number of carbonyl (C=O) groups excluding carboxylic acids is 1. The second-order valence-electron chi connectivity index (χ2n) is 7.22. The summed E-state index contributed by atoms with van der Waals surface area (Å²) in [5.74, 6) is 0.359. The summed E-state index contributed by atoms with van der Waals surface area (Å²) in [6, 6.07) is 7.75. The number of hydrogen-bond acceptors (Lipinski definition) is 5. The molecule has 0 bridgehead atoms. The average molecular weight is 399 g/mol. The van der Waals surface area contributed by atoms with Crippen molar-refractivity contribution in [2.24, 2.45) is 0 Å². The fraction of sp³-hybridized carbons (Fsp3) is 0.381. The number of hydrogen-bond donors (Lipinski definition) is 1. The van der Waals surface area contributed by atoms with Crippen LogP contribution in [0.4, 0.5) is 5.69 Å². The van der Waals surface area contributed by atoms with E-state index in [0.717, 1.165) is 27.4 Å². The van der Waals surface area contributed by atoms with Crippen LogP contribution >= 0.6 is 11.3 Å². The molecule has 3 rings (SSSR count). The molecule has 1 amide bonds. The molecule has 0 aliphatic rings. The second kappa shape index (κ2) is 8.24. The number of fused-ring (bicyclic) bond motifs is 1. The van der Waals surface area contributed by atoms with E-state index in [0.29, 0.717) is 17.8 Å². The van der Waals surface area contributed by atoms with E-state index < -0.39 is 0 Å². The van der Waals surface area contributed by atoms with E-state index in [1.165, 1.54) is 21.5 Å². The zero-order valence-corrected chi connectivity index (χ0v) is 17.8. The largest absolute Gasteiger partial charge is 0.325 e. The van der Waals surface area contributed by atoms with Gasteiger partial charge in [0.15, 0.2) is 0 Å². The van der Waals surface area contributed by atoms with Crippen LogP contribution < -0.4 is 10.9 Å². The molecule has 0 aliphatic heterocycles. The van der Waals surface area contributed by atoms with E-state index in [1.807, 2.05) is 57.1 Å². The fourth-order valence-electron chi connectivity index (χ4n) is 3.10. The molecule has 2 aromatic heterocycles.